The first kappa shape index (κ1) is 18.5. The summed E-state index contributed by atoms with van der Waals surface area (Å²) in [5.41, 5.74) is 3.82. The van der Waals surface area contributed by atoms with E-state index in [1.54, 1.807) is 6.07 Å². The molecule has 0 heterocycles. The van der Waals surface area contributed by atoms with Crippen LogP contribution in [0.2, 0.25) is 0 Å². The van der Waals surface area contributed by atoms with E-state index in [0.717, 1.165) is 17.3 Å². The molecule has 0 unspecified atom stereocenters. The number of anilines is 1. The predicted octanol–water partition coefficient (Wildman–Crippen LogP) is 3.93. The molecule has 2 rings (SSSR count). The minimum atomic E-state index is -0.277. The monoisotopic (exact) mass is 599 g/mol. The average molecular weight is 600 g/mol. The van der Waals surface area contributed by atoms with Gasteiger partial charge >= 0.3 is 0 Å². The Morgan fingerprint density at radius 2 is 2.09 bits per heavy atom. The van der Waals surface area contributed by atoms with E-state index in [4.69, 9.17) is 0 Å². The highest BCUT2D eigenvalue weighted by atomic mass is 127. The van der Waals surface area contributed by atoms with Crippen molar-refractivity contribution in [1.82, 2.24) is 5.43 Å². The first-order valence-electron chi connectivity index (χ1n) is 6.45. The number of benzene rings is 2. The van der Waals surface area contributed by atoms with Crippen molar-refractivity contribution in [3.05, 3.63) is 53.6 Å². The maximum Gasteiger partial charge on any atom is 0.259 e. The zero-order valence-electron chi connectivity index (χ0n) is 11.7. The fourth-order valence-electron chi connectivity index (χ4n) is 1.68. The van der Waals surface area contributed by atoms with Crippen molar-refractivity contribution in [3.8, 4) is 5.75 Å². The second kappa shape index (κ2) is 8.83. The minimum Gasteiger partial charge on any atom is -0.506 e. The van der Waals surface area contributed by atoms with E-state index in [-0.39, 0.29) is 18.2 Å². The van der Waals surface area contributed by atoms with Gasteiger partial charge in [-0.15, -0.1) is 0 Å². The fourth-order valence-corrected chi connectivity index (χ4v) is 3.97. The highest BCUT2D eigenvalue weighted by Crippen LogP contribution is 2.25. The van der Waals surface area contributed by atoms with Crippen LogP contribution in [0.15, 0.2) is 46.0 Å². The van der Waals surface area contributed by atoms with Crippen LogP contribution >= 0.6 is 61.1 Å². The number of halogens is 3. The third-order valence-corrected chi connectivity index (χ3v) is 4.67. The SMILES string of the molecule is O=C(CNc1cccc(Br)c1)NN=Cc1cc(I)cc(I)c1O. The van der Waals surface area contributed by atoms with Gasteiger partial charge in [0.1, 0.15) is 5.75 Å². The van der Waals surface area contributed by atoms with E-state index < -0.39 is 0 Å². The summed E-state index contributed by atoms with van der Waals surface area (Å²) in [5, 5.41) is 16.8. The Hall–Kier alpha value is -0.880. The van der Waals surface area contributed by atoms with Gasteiger partial charge in [-0.05, 0) is 75.5 Å². The molecule has 23 heavy (non-hydrogen) atoms. The lowest BCUT2D eigenvalue weighted by atomic mass is 10.2. The van der Waals surface area contributed by atoms with Crippen molar-refractivity contribution in [2.45, 2.75) is 0 Å². The molecule has 3 N–H and O–H groups in total. The van der Waals surface area contributed by atoms with Gasteiger partial charge in [0.05, 0.1) is 16.3 Å². The van der Waals surface area contributed by atoms with Gasteiger partial charge in [0.15, 0.2) is 0 Å². The molecule has 2 aromatic rings. The van der Waals surface area contributed by atoms with E-state index in [2.05, 4.69) is 54.4 Å². The van der Waals surface area contributed by atoms with Crippen LogP contribution in [0.25, 0.3) is 0 Å². The second-order valence-electron chi connectivity index (χ2n) is 4.48. The van der Waals surface area contributed by atoms with Crippen molar-refractivity contribution in [3.63, 3.8) is 0 Å². The number of phenols is 1. The van der Waals surface area contributed by atoms with Gasteiger partial charge < -0.3 is 10.4 Å². The molecule has 0 fully saturated rings. The molecule has 2 aromatic carbocycles. The van der Waals surface area contributed by atoms with Crippen LogP contribution in [0.1, 0.15) is 5.56 Å². The zero-order chi connectivity index (χ0) is 16.8. The zero-order valence-corrected chi connectivity index (χ0v) is 17.6. The molecule has 0 aliphatic carbocycles. The van der Waals surface area contributed by atoms with Gasteiger partial charge in [0.2, 0.25) is 0 Å². The van der Waals surface area contributed by atoms with E-state index in [1.165, 1.54) is 6.21 Å². The smallest absolute Gasteiger partial charge is 0.259 e. The highest BCUT2D eigenvalue weighted by Gasteiger charge is 2.05. The molecule has 0 aliphatic heterocycles. The average Bonchev–Trinajstić information content (AvgIpc) is 2.50. The van der Waals surface area contributed by atoms with Gasteiger partial charge in [-0.2, -0.15) is 5.10 Å². The molecule has 0 aliphatic rings. The Bertz CT molecular complexity index is 753. The lowest BCUT2D eigenvalue weighted by molar-refractivity contribution is -0.119. The van der Waals surface area contributed by atoms with Gasteiger partial charge in [0, 0.05) is 19.3 Å². The summed E-state index contributed by atoms with van der Waals surface area (Å²) >= 11 is 7.57. The van der Waals surface area contributed by atoms with Crippen molar-refractivity contribution in [2.24, 2.45) is 5.10 Å². The van der Waals surface area contributed by atoms with Gasteiger partial charge in [-0.1, -0.05) is 22.0 Å². The molecule has 0 radical (unpaired) electrons. The van der Waals surface area contributed by atoms with Crippen molar-refractivity contribution < 1.29 is 9.90 Å². The lowest BCUT2D eigenvalue weighted by Crippen LogP contribution is -2.25. The van der Waals surface area contributed by atoms with Gasteiger partial charge in [-0.25, -0.2) is 5.43 Å². The number of phenolic OH excluding ortho intramolecular Hbond substituents is 1. The summed E-state index contributed by atoms with van der Waals surface area (Å²) in [6, 6.07) is 11.2. The van der Waals surface area contributed by atoms with Crippen LogP contribution in [0.3, 0.4) is 0 Å². The number of hydrazone groups is 1. The molecule has 0 saturated heterocycles. The minimum absolute atomic E-state index is 0.101. The Morgan fingerprint density at radius 1 is 1.30 bits per heavy atom. The van der Waals surface area contributed by atoms with Crippen LogP contribution in [-0.4, -0.2) is 23.8 Å². The standard InChI is InChI=1S/C15H12BrI2N3O2/c16-10-2-1-3-12(5-10)19-8-14(22)21-20-7-9-4-11(17)6-13(18)15(9)23/h1-7,19,23H,8H2,(H,21,22). The molecule has 0 saturated carbocycles. The Kier molecular flexibility index (Phi) is 7.09. The molecule has 1 amide bonds. The number of carbonyl (C=O) groups excluding carboxylic acids is 1. The first-order valence-corrected chi connectivity index (χ1v) is 9.40. The van der Waals surface area contributed by atoms with Crippen LogP contribution in [0.4, 0.5) is 5.69 Å². The maximum atomic E-state index is 11.7. The summed E-state index contributed by atoms with van der Waals surface area (Å²) < 4.78 is 2.65. The van der Waals surface area contributed by atoms with Gasteiger partial charge in [0.25, 0.3) is 5.91 Å². The Morgan fingerprint density at radius 3 is 2.83 bits per heavy atom. The number of aromatic hydroxyl groups is 1. The van der Waals surface area contributed by atoms with Crippen molar-refractivity contribution in [2.75, 3.05) is 11.9 Å². The summed E-state index contributed by atoms with van der Waals surface area (Å²) in [6.45, 7) is 0.101. The molecular weight excluding hydrogens is 588 g/mol. The summed E-state index contributed by atoms with van der Waals surface area (Å²) in [7, 11) is 0. The van der Waals surface area contributed by atoms with Crippen molar-refractivity contribution >= 4 is 78.9 Å². The number of nitrogens with zero attached hydrogens (tertiary/aromatic N) is 1. The third kappa shape index (κ3) is 5.92. The fraction of sp³-hybridized carbons (Fsp3) is 0.0667. The number of hydrogen-bond donors (Lipinski definition) is 3. The molecule has 120 valence electrons. The van der Waals surface area contributed by atoms with Crippen molar-refractivity contribution in [1.29, 1.82) is 0 Å². The van der Waals surface area contributed by atoms with E-state index in [0.29, 0.717) is 5.56 Å². The van der Waals surface area contributed by atoms with Crippen LogP contribution in [0, 0.1) is 7.14 Å². The van der Waals surface area contributed by atoms with E-state index in [9.17, 15) is 9.90 Å². The summed E-state index contributed by atoms with van der Waals surface area (Å²) in [4.78, 5) is 11.7. The molecule has 0 spiro atoms. The molecule has 8 heteroatoms. The highest BCUT2D eigenvalue weighted by molar-refractivity contribution is 14.1. The largest absolute Gasteiger partial charge is 0.506 e. The Balaban J connectivity index is 1.89. The lowest BCUT2D eigenvalue weighted by Gasteiger charge is -2.06. The number of carbonyl (C=O) groups is 1. The summed E-state index contributed by atoms with van der Waals surface area (Å²) in [6.07, 6.45) is 1.43. The van der Waals surface area contributed by atoms with Crippen LogP contribution < -0.4 is 10.7 Å². The van der Waals surface area contributed by atoms with Gasteiger partial charge in [-0.3, -0.25) is 4.79 Å². The third-order valence-electron chi connectivity index (χ3n) is 2.73. The predicted molar refractivity (Wildman–Crippen MR) is 112 cm³/mol. The first-order chi connectivity index (χ1) is 11.0. The van der Waals surface area contributed by atoms with E-state index in [1.807, 2.05) is 52.9 Å². The molecule has 0 aromatic heterocycles. The maximum absolute atomic E-state index is 11.7. The van der Waals surface area contributed by atoms with Crippen LogP contribution in [0.5, 0.6) is 5.75 Å². The molecular formula is C15H12BrI2N3O2. The normalized spacial score (nSPS) is 10.7. The molecule has 0 atom stereocenters. The molecule has 0 bridgehead atoms. The number of nitrogens with one attached hydrogen (secondary N) is 2. The van der Waals surface area contributed by atoms with Crippen LogP contribution in [-0.2, 0) is 4.79 Å². The second-order valence-corrected chi connectivity index (χ2v) is 7.81. The van der Waals surface area contributed by atoms with E-state index >= 15 is 0 Å². The number of hydrogen-bond acceptors (Lipinski definition) is 4. The number of amides is 1. The topological polar surface area (TPSA) is 73.7 Å². The quantitative estimate of drug-likeness (QED) is 0.277. The number of rotatable bonds is 5. The molecule has 5 nitrogen and oxygen atoms in total. The summed E-state index contributed by atoms with van der Waals surface area (Å²) in [5.74, 6) is -0.127. The Labute approximate surface area is 169 Å².